The van der Waals surface area contributed by atoms with Crippen molar-refractivity contribution in [1.82, 2.24) is 0 Å². The molecule has 1 heterocycles. The zero-order chi connectivity index (χ0) is 15.0. The van der Waals surface area contributed by atoms with Crippen LogP contribution in [0.1, 0.15) is 20.8 Å². The zero-order valence-electron chi connectivity index (χ0n) is 12.6. The lowest BCUT2D eigenvalue weighted by Crippen LogP contribution is -2.29. The SMILES string of the molecule is CC(C)(C)C(=O)C[S+]1c2ccccc2Oc2ccccc21. The minimum absolute atomic E-state index is 0.246. The monoisotopic (exact) mass is 299 g/mol. The highest BCUT2D eigenvalue weighted by Crippen LogP contribution is 2.43. The Morgan fingerprint density at radius 1 is 0.952 bits per heavy atom. The molecular weight excluding hydrogens is 280 g/mol. The largest absolute Gasteiger partial charge is 0.447 e. The Kier molecular flexibility index (Phi) is 3.54. The fourth-order valence-electron chi connectivity index (χ4n) is 2.22. The number of carbonyl (C=O) groups is 1. The standard InChI is InChI=1S/C18H19O2S/c1-18(2,3)17(19)12-21-15-10-6-4-8-13(15)20-14-9-5-7-11-16(14)21/h4-11H,12H2,1-3H3/q+1. The molecule has 0 aromatic heterocycles. The van der Waals surface area contributed by atoms with Gasteiger partial charge in [-0.25, -0.2) is 0 Å². The number of hydrogen-bond acceptors (Lipinski definition) is 2. The van der Waals surface area contributed by atoms with Gasteiger partial charge in [0.15, 0.2) is 23.0 Å². The summed E-state index contributed by atoms with van der Waals surface area (Å²) in [5.74, 6) is 2.58. The molecule has 21 heavy (non-hydrogen) atoms. The van der Waals surface area contributed by atoms with Gasteiger partial charge in [0.1, 0.15) is 0 Å². The van der Waals surface area contributed by atoms with Crippen LogP contribution in [0.4, 0.5) is 0 Å². The Balaban J connectivity index is 2.05. The summed E-state index contributed by atoms with van der Waals surface area (Å²) in [6.07, 6.45) is 0. The van der Waals surface area contributed by atoms with Crippen molar-refractivity contribution in [2.75, 3.05) is 5.75 Å². The number of hydrogen-bond donors (Lipinski definition) is 0. The van der Waals surface area contributed by atoms with Gasteiger partial charge in [-0.05, 0) is 24.3 Å². The van der Waals surface area contributed by atoms with Gasteiger partial charge in [-0.1, -0.05) is 45.0 Å². The van der Waals surface area contributed by atoms with Crippen LogP contribution in [0.25, 0.3) is 0 Å². The van der Waals surface area contributed by atoms with Crippen molar-refractivity contribution in [1.29, 1.82) is 0 Å². The second-order valence-electron chi connectivity index (χ2n) is 6.20. The molecule has 108 valence electrons. The zero-order valence-corrected chi connectivity index (χ0v) is 13.4. The molecule has 0 amide bonds. The molecule has 0 saturated carbocycles. The molecule has 0 fully saturated rings. The Labute approximate surface area is 128 Å². The number of rotatable bonds is 2. The summed E-state index contributed by atoms with van der Waals surface area (Å²) >= 11 is 0. The highest BCUT2D eigenvalue weighted by molar-refractivity contribution is 7.97. The minimum Gasteiger partial charge on any atom is -0.447 e. The van der Waals surface area contributed by atoms with Crippen LogP contribution in [0.15, 0.2) is 58.3 Å². The summed E-state index contributed by atoms with van der Waals surface area (Å²) in [7, 11) is -0.246. The second-order valence-corrected chi connectivity index (χ2v) is 8.15. The number of ether oxygens (including phenoxy) is 1. The van der Waals surface area contributed by atoms with E-state index in [1.807, 2.05) is 57.2 Å². The minimum atomic E-state index is -0.310. The first-order chi connectivity index (χ1) is 9.97. The van der Waals surface area contributed by atoms with Gasteiger partial charge in [0.05, 0.1) is 10.9 Å². The van der Waals surface area contributed by atoms with Crippen LogP contribution in [-0.4, -0.2) is 11.5 Å². The first-order valence-electron chi connectivity index (χ1n) is 7.07. The summed E-state index contributed by atoms with van der Waals surface area (Å²) in [5, 5.41) is 0. The molecule has 0 bridgehead atoms. The Bertz CT molecular complexity index is 640. The summed E-state index contributed by atoms with van der Waals surface area (Å²) in [4.78, 5) is 14.8. The maximum absolute atomic E-state index is 12.5. The average Bonchev–Trinajstić information content (AvgIpc) is 2.46. The van der Waals surface area contributed by atoms with Crippen molar-refractivity contribution in [3.8, 4) is 11.5 Å². The van der Waals surface area contributed by atoms with E-state index in [4.69, 9.17) is 4.74 Å². The molecule has 0 N–H and O–H groups in total. The molecule has 3 rings (SSSR count). The molecule has 0 aliphatic carbocycles. The second kappa shape index (κ2) is 5.23. The van der Waals surface area contributed by atoms with Crippen LogP contribution in [0, 0.1) is 5.41 Å². The summed E-state index contributed by atoms with van der Waals surface area (Å²) in [6, 6.07) is 16.1. The van der Waals surface area contributed by atoms with E-state index < -0.39 is 0 Å². The number of ketones is 1. The fourth-order valence-corrected chi connectivity index (χ4v) is 4.65. The van der Waals surface area contributed by atoms with E-state index >= 15 is 0 Å². The molecule has 2 aromatic carbocycles. The number of fused-ring (bicyclic) bond motifs is 2. The van der Waals surface area contributed by atoms with Crippen molar-refractivity contribution in [3.05, 3.63) is 48.5 Å². The third kappa shape index (κ3) is 2.70. The highest BCUT2D eigenvalue weighted by Gasteiger charge is 2.40. The summed E-state index contributed by atoms with van der Waals surface area (Å²) in [6.45, 7) is 5.95. The fraction of sp³-hybridized carbons (Fsp3) is 0.278. The van der Waals surface area contributed by atoms with Gasteiger partial charge in [-0.3, -0.25) is 4.79 Å². The number of para-hydroxylation sites is 2. The van der Waals surface area contributed by atoms with E-state index in [2.05, 4.69) is 12.1 Å². The van der Waals surface area contributed by atoms with Crippen molar-refractivity contribution in [3.63, 3.8) is 0 Å². The predicted octanol–water partition coefficient (Wildman–Crippen LogP) is 4.44. The van der Waals surface area contributed by atoms with E-state index in [9.17, 15) is 4.79 Å². The molecule has 0 saturated heterocycles. The van der Waals surface area contributed by atoms with Gasteiger partial charge in [0.25, 0.3) is 0 Å². The summed E-state index contributed by atoms with van der Waals surface area (Å²) < 4.78 is 5.97. The van der Waals surface area contributed by atoms with E-state index in [0.717, 1.165) is 21.3 Å². The van der Waals surface area contributed by atoms with Crippen molar-refractivity contribution < 1.29 is 9.53 Å². The van der Waals surface area contributed by atoms with E-state index in [1.54, 1.807) is 0 Å². The first-order valence-corrected chi connectivity index (χ1v) is 8.46. The highest BCUT2D eigenvalue weighted by atomic mass is 32.2. The molecule has 0 atom stereocenters. The van der Waals surface area contributed by atoms with Gasteiger partial charge in [-0.15, -0.1) is 0 Å². The van der Waals surface area contributed by atoms with E-state index in [1.165, 1.54) is 0 Å². The molecule has 2 nitrogen and oxygen atoms in total. The van der Waals surface area contributed by atoms with Crippen LogP contribution in [0.5, 0.6) is 11.5 Å². The molecule has 1 aliphatic rings. The quantitative estimate of drug-likeness (QED) is 0.766. The van der Waals surface area contributed by atoms with Crippen LogP contribution < -0.4 is 4.74 Å². The number of carbonyl (C=O) groups excluding carboxylic acids is 1. The van der Waals surface area contributed by atoms with Gasteiger partial charge < -0.3 is 4.74 Å². The first kappa shape index (κ1) is 14.2. The van der Waals surface area contributed by atoms with E-state index in [-0.39, 0.29) is 22.1 Å². The number of benzene rings is 2. The maximum atomic E-state index is 12.5. The van der Waals surface area contributed by atoms with E-state index in [0.29, 0.717) is 5.75 Å². The lowest BCUT2D eigenvalue weighted by Gasteiger charge is -2.22. The third-order valence-electron chi connectivity index (χ3n) is 3.56. The molecule has 2 aromatic rings. The smallest absolute Gasteiger partial charge is 0.203 e. The van der Waals surface area contributed by atoms with Crippen LogP contribution in [-0.2, 0) is 15.7 Å². The number of Topliss-reactive ketones (excluding diaryl/α,β-unsaturated/α-hetero) is 1. The Hall–Kier alpha value is -1.74. The maximum Gasteiger partial charge on any atom is 0.203 e. The lowest BCUT2D eigenvalue weighted by atomic mass is 9.92. The van der Waals surface area contributed by atoms with Crippen LogP contribution >= 0.6 is 0 Å². The van der Waals surface area contributed by atoms with Gasteiger partial charge >= 0.3 is 0 Å². The molecule has 0 spiro atoms. The topological polar surface area (TPSA) is 26.3 Å². The third-order valence-corrected chi connectivity index (χ3v) is 5.85. The van der Waals surface area contributed by atoms with Gasteiger partial charge in [-0.2, -0.15) is 0 Å². The molecule has 0 radical (unpaired) electrons. The van der Waals surface area contributed by atoms with Crippen LogP contribution in [0.3, 0.4) is 0 Å². The lowest BCUT2D eigenvalue weighted by molar-refractivity contribution is -0.123. The summed E-state index contributed by atoms with van der Waals surface area (Å²) in [5.41, 5.74) is -0.310. The van der Waals surface area contributed by atoms with Gasteiger partial charge in [0.2, 0.25) is 9.79 Å². The Morgan fingerprint density at radius 3 is 1.90 bits per heavy atom. The molecule has 1 aliphatic heterocycles. The predicted molar refractivity (Wildman–Crippen MR) is 86.2 cm³/mol. The Morgan fingerprint density at radius 2 is 1.43 bits per heavy atom. The average molecular weight is 299 g/mol. The molecule has 3 heteroatoms. The van der Waals surface area contributed by atoms with Gasteiger partial charge in [0, 0.05) is 5.41 Å². The molecular formula is C18H19O2S+. The van der Waals surface area contributed by atoms with Crippen molar-refractivity contribution in [2.45, 2.75) is 30.6 Å². The normalized spacial score (nSPS) is 14.0. The molecule has 0 unspecified atom stereocenters. The van der Waals surface area contributed by atoms with Crippen LogP contribution in [0.2, 0.25) is 0 Å². The van der Waals surface area contributed by atoms with Crippen molar-refractivity contribution in [2.24, 2.45) is 5.41 Å². The van der Waals surface area contributed by atoms with Crippen molar-refractivity contribution >= 4 is 16.7 Å².